The molecule has 0 radical (unpaired) electrons. The first-order valence-corrected chi connectivity index (χ1v) is 35.6. The molecule has 0 spiro atoms. The van der Waals surface area contributed by atoms with Crippen molar-refractivity contribution >= 4 is 11.9 Å². The third-order valence-electron chi connectivity index (χ3n) is 16.7. The Hall–Kier alpha value is -1.66. The van der Waals surface area contributed by atoms with Crippen LogP contribution in [0, 0.1) is 0 Å². The van der Waals surface area contributed by atoms with Crippen molar-refractivity contribution in [3.63, 3.8) is 0 Å². The second-order valence-corrected chi connectivity index (χ2v) is 24.6. The normalized spacial score (nSPS) is 12.6. The van der Waals surface area contributed by atoms with Crippen LogP contribution in [0.1, 0.15) is 399 Å². The number of carbonyl (C=O) groups is 2. The van der Waals surface area contributed by atoms with Crippen molar-refractivity contribution in [3.05, 3.63) is 24.3 Å². The third kappa shape index (κ3) is 63.5. The van der Waals surface area contributed by atoms with Crippen molar-refractivity contribution in [2.24, 2.45) is 0 Å². The molecule has 0 aliphatic rings. The lowest BCUT2D eigenvalue weighted by Crippen LogP contribution is -2.45. The first kappa shape index (κ1) is 76.3. The Morgan fingerprint density at radius 3 is 0.910 bits per heavy atom. The number of ether oxygens (including phenoxy) is 1. The Kier molecular flexibility index (Phi) is 66.4. The molecule has 0 aromatic heterocycles. The van der Waals surface area contributed by atoms with Gasteiger partial charge in [0.1, 0.15) is 0 Å². The molecule has 0 bridgehead atoms. The van der Waals surface area contributed by atoms with Crippen LogP contribution in [-0.2, 0) is 14.3 Å². The van der Waals surface area contributed by atoms with E-state index in [9.17, 15) is 19.8 Å². The van der Waals surface area contributed by atoms with Crippen LogP contribution in [0.5, 0.6) is 0 Å². The van der Waals surface area contributed by atoms with Gasteiger partial charge in [0.05, 0.1) is 25.4 Å². The molecule has 0 aromatic carbocycles. The topological polar surface area (TPSA) is 95.9 Å². The minimum atomic E-state index is -0.848. The van der Waals surface area contributed by atoms with Gasteiger partial charge in [-0.25, -0.2) is 0 Å². The second-order valence-electron chi connectivity index (χ2n) is 24.6. The molecule has 462 valence electrons. The molecule has 0 aliphatic heterocycles. The third-order valence-corrected chi connectivity index (χ3v) is 16.7. The summed E-state index contributed by atoms with van der Waals surface area (Å²) in [7, 11) is 0. The predicted octanol–water partition coefficient (Wildman–Crippen LogP) is 22.9. The minimum absolute atomic E-state index is 0.0153. The maximum Gasteiger partial charge on any atom is 0.305 e. The summed E-state index contributed by atoms with van der Waals surface area (Å²) in [6.07, 6.45) is 85.4. The number of aliphatic hydroxyl groups excluding tert-OH is 2. The summed E-state index contributed by atoms with van der Waals surface area (Å²) in [6, 6.07) is -0.631. The van der Waals surface area contributed by atoms with E-state index >= 15 is 0 Å². The van der Waals surface area contributed by atoms with Gasteiger partial charge >= 0.3 is 5.97 Å². The standard InChI is InChI=1S/C72H139NO5/c1-3-5-7-9-11-13-15-17-18-19-20-21-25-28-31-34-37-41-44-48-52-56-60-64-70(75)69(68-74)73-71(76)65-61-57-53-49-45-42-38-35-32-29-26-23-22-24-27-30-33-36-39-43-47-51-55-59-63-67-78-72(77)66-62-58-54-50-46-40-16-14-12-10-8-6-4-2/h23,26,60,64,69-70,74-75H,3-22,24-25,27-59,61-63,65-68H2,1-2H3,(H,73,76)/b26-23-,64-60+. The highest BCUT2D eigenvalue weighted by Gasteiger charge is 2.18. The van der Waals surface area contributed by atoms with Gasteiger partial charge in [-0.1, -0.05) is 353 Å². The first-order valence-electron chi connectivity index (χ1n) is 35.6. The van der Waals surface area contributed by atoms with Crippen molar-refractivity contribution in [1.82, 2.24) is 5.32 Å². The van der Waals surface area contributed by atoms with E-state index in [1.807, 2.05) is 6.08 Å². The second kappa shape index (κ2) is 67.8. The number of esters is 1. The molecular formula is C72H139NO5. The van der Waals surface area contributed by atoms with E-state index in [2.05, 4.69) is 31.3 Å². The molecule has 6 nitrogen and oxygen atoms in total. The average Bonchev–Trinajstić information content (AvgIpc) is 3.44. The molecule has 1 amide bonds. The zero-order chi connectivity index (χ0) is 56.4. The number of amides is 1. The molecule has 78 heavy (non-hydrogen) atoms. The van der Waals surface area contributed by atoms with Gasteiger partial charge in [0.2, 0.25) is 5.91 Å². The number of hydrogen-bond donors (Lipinski definition) is 3. The molecule has 0 fully saturated rings. The van der Waals surface area contributed by atoms with E-state index in [0.717, 1.165) is 38.5 Å². The molecule has 0 heterocycles. The van der Waals surface area contributed by atoms with Crippen LogP contribution in [-0.4, -0.2) is 47.4 Å². The van der Waals surface area contributed by atoms with Crippen LogP contribution in [0.15, 0.2) is 24.3 Å². The maximum atomic E-state index is 12.5. The van der Waals surface area contributed by atoms with E-state index in [1.165, 1.54) is 334 Å². The van der Waals surface area contributed by atoms with Gasteiger partial charge in [-0.15, -0.1) is 0 Å². The van der Waals surface area contributed by atoms with Crippen LogP contribution in [0.2, 0.25) is 0 Å². The Morgan fingerprint density at radius 2 is 0.603 bits per heavy atom. The van der Waals surface area contributed by atoms with E-state index in [0.29, 0.717) is 19.4 Å². The zero-order valence-corrected chi connectivity index (χ0v) is 52.9. The Morgan fingerprint density at radius 1 is 0.346 bits per heavy atom. The Balaban J connectivity index is 3.42. The summed E-state index contributed by atoms with van der Waals surface area (Å²) in [6.45, 7) is 4.94. The molecule has 2 atom stereocenters. The lowest BCUT2D eigenvalue weighted by Gasteiger charge is -2.20. The van der Waals surface area contributed by atoms with Crippen molar-refractivity contribution in [2.45, 2.75) is 411 Å². The SMILES string of the molecule is CCCCCCCCCCCCCCCCCCCCCCC/C=C/C(O)C(CO)NC(=O)CCCCCCCCCCC/C=C\CCCCCCCCCCCCCCOC(=O)CCCCCCCCCCCCCCC. The lowest BCUT2D eigenvalue weighted by atomic mass is 10.0. The zero-order valence-electron chi connectivity index (χ0n) is 52.9. The van der Waals surface area contributed by atoms with Crippen LogP contribution >= 0.6 is 0 Å². The number of rotatable bonds is 67. The van der Waals surface area contributed by atoms with Gasteiger partial charge in [-0.3, -0.25) is 9.59 Å². The number of aliphatic hydroxyl groups is 2. The highest BCUT2D eigenvalue weighted by atomic mass is 16.5. The quantitative estimate of drug-likeness (QED) is 0.0320. The summed E-state index contributed by atoms with van der Waals surface area (Å²) in [4.78, 5) is 24.6. The number of hydrogen-bond acceptors (Lipinski definition) is 5. The summed E-state index contributed by atoms with van der Waals surface area (Å²) in [5.74, 6) is -0.0513. The summed E-state index contributed by atoms with van der Waals surface area (Å²) in [5.41, 5.74) is 0. The molecule has 0 aliphatic carbocycles. The van der Waals surface area contributed by atoms with E-state index < -0.39 is 12.1 Å². The number of unbranched alkanes of at least 4 members (excludes halogenated alkanes) is 54. The first-order chi connectivity index (χ1) is 38.5. The van der Waals surface area contributed by atoms with E-state index in [1.54, 1.807) is 6.08 Å². The fourth-order valence-electron chi connectivity index (χ4n) is 11.3. The fourth-order valence-corrected chi connectivity index (χ4v) is 11.3. The summed E-state index contributed by atoms with van der Waals surface area (Å²) < 4.78 is 5.49. The highest BCUT2D eigenvalue weighted by molar-refractivity contribution is 5.76. The van der Waals surface area contributed by atoms with Crippen molar-refractivity contribution in [3.8, 4) is 0 Å². The fraction of sp³-hybridized carbons (Fsp3) is 0.917. The molecule has 0 aromatic rings. The van der Waals surface area contributed by atoms with Crippen LogP contribution in [0.3, 0.4) is 0 Å². The molecule has 0 rings (SSSR count). The molecular weight excluding hydrogens is 959 g/mol. The molecule has 2 unspecified atom stereocenters. The number of allylic oxidation sites excluding steroid dienone is 3. The van der Waals surface area contributed by atoms with Crippen LogP contribution < -0.4 is 5.32 Å². The van der Waals surface area contributed by atoms with Crippen molar-refractivity contribution in [2.75, 3.05) is 13.2 Å². The number of nitrogens with one attached hydrogen (secondary N) is 1. The maximum absolute atomic E-state index is 12.5. The van der Waals surface area contributed by atoms with E-state index in [4.69, 9.17) is 4.74 Å². The average molecular weight is 1100 g/mol. The molecule has 6 heteroatoms. The molecule has 0 saturated carbocycles. The number of carbonyl (C=O) groups excluding carboxylic acids is 2. The van der Waals surface area contributed by atoms with Gasteiger partial charge in [0.25, 0.3) is 0 Å². The lowest BCUT2D eigenvalue weighted by molar-refractivity contribution is -0.143. The molecule has 0 saturated heterocycles. The largest absolute Gasteiger partial charge is 0.466 e. The van der Waals surface area contributed by atoms with E-state index in [-0.39, 0.29) is 18.5 Å². The summed E-state index contributed by atoms with van der Waals surface area (Å²) in [5, 5.41) is 23.3. The Labute approximate surface area is 488 Å². The van der Waals surface area contributed by atoms with Crippen molar-refractivity contribution < 1.29 is 24.5 Å². The van der Waals surface area contributed by atoms with Gasteiger partial charge in [0.15, 0.2) is 0 Å². The predicted molar refractivity (Wildman–Crippen MR) is 343 cm³/mol. The highest BCUT2D eigenvalue weighted by Crippen LogP contribution is 2.19. The molecule has 3 N–H and O–H groups in total. The smallest absolute Gasteiger partial charge is 0.305 e. The van der Waals surface area contributed by atoms with Gasteiger partial charge in [-0.2, -0.15) is 0 Å². The van der Waals surface area contributed by atoms with Crippen molar-refractivity contribution in [1.29, 1.82) is 0 Å². The van der Waals surface area contributed by atoms with Gasteiger partial charge in [0, 0.05) is 12.8 Å². The monoisotopic (exact) mass is 1100 g/mol. The summed E-state index contributed by atoms with van der Waals surface area (Å²) >= 11 is 0. The van der Waals surface area contributed by atoms with Crippen LogP contribution in [0.25, 0.3) is 0 Å². The minimum Gasteiger partial charge on any atom is -0.466 e. The Bertz CT molecular complexity index is 1220. The van der Waals surface area contributed by atoms with Gasteiger partial charge in [-0.05, 0) is 57.8 Å². The van der Waals surface area contributed by atoms with Gasteiger partial charge < -0.3 is 20.3 Å². The van der Waals surface area contributed by atoms with Crippen LogP contribution in [0.4, 0.5) is 0 Å².